The number of aromatic nitrogens is 1. The first-order valence-corrected chi connectivity index (χ1v) is 10.4. The van der Waals surface area contributed by atoms with E-state index in [4.69, 9.17) is 4.74 Å². The summed E-state index contributed by atoms with van der Waals surface area (Å²) in [6, 6.07) is 8.29. The Morgan fingerprint density at radius 2 is 2.07 bits per heavy atom. The van der Waals surface area contributed by atoms with Crippen LogP contribution in [0.3, 0.4) is 0 Å². The zero-order chi connectivity index (χ0) is 19.3. The molecule has 0 spiro atoms. The van der Waals surface area contributed by atoms with Gasteiger partial charge in [0.15, 0.2) is 0 Å². The number of nitrogens with one attached hydrogen (secondary N) is 1. The number of pyridine rings is 1. The summed E-state index contributed by atoms with van der Waals surface area (Å²) in [5.74, 6) is 0. The molecule has 2 aromatic rings. The monoisotopic (exact) mass is 382 g/mol. The molecule has 1 aromatic heterocycles. The minimum atomic E-state index is 0.0145. The summed E-state index contributed by atoms with van der Waals surface area (Å²) in [5, 5.41) is 4.16. The summed E-state index contributed by atoms with van der Waals surface area (Å²) in [4.78, 5) is 22.1. The van der Waals surface area contributed by atoms with Crippen LogP contribution in [0.15, 0.2) is 30.5 Å². The number of rotatable bonds is 4. The summed E-state index contributed by atoms with van der Waals surface area (Å²) >= 11 is 0. The van der Waals surface area contributed by atoms with Crippen LogP contribution in [0, 0.1) is 6.92 Å². The predicted molar refractivity (Wildman–Crippen MR) is 112 cm³/mol. The highest BCUT2D eigenvalue weighted by atomic mass is 16.5. The maximum atomic E-state index is 13.1. The summed E-state index contributed by atoms with van der Waals surface area (Å²) in [6.45, 7) is 7.57. The fourth-order valence-corrected chi connectivity index (χ4v) is 4.33. The third-order valence-electron chi connectivity index (χ3n) is 5.98. The number of morpholine rings is 1. The molecule has 2 aliphatic rings. The molecule has 1 unspecified atom stereocenters. The SMILES string of the molecule is Cc1ccc(NC(=O)N2CCCCC2CCN2CCOCC2)c2cccnc12. The number of aryl methyl sites for hydroxylation is 1. The molecule has 28 heavy (non-hydrogen) atoms. The summed E-state index contributed by atoms with van der Waals surface area (Å²) in [7, 11) is 0. The van der Waals surface area contributed by atoms with Crippen LogP contribution in [0.25, 0.3) is 10.9 Å². The number of hydrogen-bond donors (Lipinski definition) is 1. The Morgan fingerprint density at radius 1 is 1.21 bits per heavy atom. The second-order valence-corrected chi connectivity index (χ2v) is 7.85. The quantitative estimate of drug-likeness (QED) is 0.877. The molecule has 0 bridgehead atoms. The van der Waals surface area contributed by atoms with E-state index in [9.17, 15) is 4.79 Å². The molecule has 4 rings (SSSR count). The smallest absolute Gasteiger partial charge is 0.322 e. The molecule has 0 aliphatic carbocycles. The number of urea groups is 1. The van der Waals surface area contributed by atoms with Gasteiger partial charge < -0.3 is 15.0 Å². The maximum Gasteiger partial charge on any atom is 0.322 e. The number of piperidine rings is 1. The van der Waals surface area contributed by atoms with Crippen molar-refractivity contribution in [2.45, 2.75) is 38.6 Å². The van der Waals surface area contributed by atoms with Crippen LogP contribution in [-0.4, -0.2) is 66.2 Å². The number of benzene rings is 1. The van der Waals surface area contributed by atoms with Crippen molar-refractivity contribution in [3.8, 4) is 0 Å². The first kappa shape index (κ1) is 19.2. The molecule has 6 heteroatoms. The van der Waals surface area contributed by atoms with E-state index in [-0.39, 0.29) is 6.03 Å². The number of carbonyl (C=O) groups is 1. The van der Waals surface area contributed by atoms with E-state index in [0.717, 1.165) is 80.8 Å². The van der Waals surface area contributed by atoms with Crippen LogP contribution >= 0.6 is 0 Å². The van der Waals surface area contributed by atoms with Crippen molar-refractivity contribution in [3.05, 3.63) is 36.0 Å². The van der Waals surface area contributed by atoms with E-state index < -0.39 is 0 Å². The number of ether oxygens (including phenoxy) is 1. The van der Waals surface area contributed by atoms with Crippen molar-refractivity contribution in [1.29, 1.82) is 0 Å². The molecule has 2 amide bonds. The van der Waals surface area contributed by atoms with Crippen LogP contribution in [0.5, 0.6) is 0 Å². The van der Waals surface area contributed by atoms with Crippen molar-refractivity contribution in [2.75, 3.05) is 44.7 Å². The topological polar surface area (TPSA) is 57.7 Å². The molecule has 1 N–H and O–H groups in total. The van der Waals surface area contributed by atoms with Crippen LogP contribution in [0.1, 0.15) is 31.2 Å². The number of hydrogen-bond acceptors (Lipinski definition) is 4. The molecule has 1 atom stereocenters. The molecule has 0 radical (unpaired) electrons. The van der Waals surface area contributed by atoms with E-state index in [1.165, 1.54) is 6.42 Å². The normalized spacial score (nSPS) is 21.0. The molecule has 1 aromatic carbocycles. The molecule has 2 aliphatic heterocycles. The van der Waals surface area contributed by atoms with Gasteiger partial charge in [-0.05, 0) is 56.4 Å². The standard InChI is InChI=1S/C22H30N4O2/c1-17-7-8-20(19-6-4-10-23-21(17)19)24-22(27)26-11-3-2-5-18(26)9-12-25-13-15-28-16-14-25/h4,6-8,10,18H,2-3,5,9,11-16H2,1H3,(H,24,27). The number of nitrogens with zero attached hydrogens (tertiary/aromatic N) is 3. The van der Waals surface area contributed by atoms with E-state index >= 15 is 0 Å². The fourth-order valence-electron chi connectivity index (χ4n) is 4.33. The predicted octanol–water partition coefficient (Wildman–Crippen LogP) is 3.65. The van der Waals surface area contributed by atoms with Crippen molar-refractivity contribution in [1.82, 2.24) is 14.8 Å². The fraction of sp³-hybridized carbons (Fsp3) is 0.545. The number of amides is 2. The zero-order valence-electron chi connectivity index (χ0n) is 16.7. The van der Waals surface area contributed by atoms with Gasteiger partial charge in [-0.1, -0.05) is 6.07 Å². The molecular weight excluding hydrogens is 352 g/mol. The molecule has 3 heterocycles. The molecule has 6 nitrogen and oxygen atoms in total. The number of likely N-dealkylation sites (tertiary alicyclic amines) is 1. The summed E-state index contributed by atoms with van der Waals surface area (Å²) < 4.78 is 5.44. The number of carbonyl (C=O) groups excluding carboxylic acids is 1. The van der Waals surface area contributed by atoms with Gasteiger partial charge in [-0.25, -0.2) is 4.79 Å². The molecule has 150 valence electrons. The Morgan fingerprint density at radius 3 is 2.93 bits per heavy atom. The van der Waals surface area contributed by atoms with Gasteiger partial charge in [-0.2, -0.15) is 0 Å². The van der Waals surface area contributed by atoms with Crippen LogP contribution in [-0.2, 0) is 4.74 Å². The van der Waals surface area contributed by atoms with Gasteiger partial charge in [0.25, 0.3) is 0 Å². The molecule has 2 saturated heterocycles. The Bertz CT molecular complexity index is 819. The van der Waals surface area contributed by atoms with Crippen LogP contribution in [0.4, 0.5) is 10.5 Å². The Kier molecular flexibility index (Phi) is 6.07. The second-order valence-electron chi connectivity index (χ2n) is 7.85. The van der Waals surface area contributed by atoms with Gasteiger partial charge in [0.05, 0.1) is 24.4 Å². The second kappa shape index (κ2) is 8.88. The Hall–Kier alpha value is -2.18. The first-order valence-electron chi connectivity index (χ1n) is 10.4. The van der Waals surface area contributed by atoms with Gasteiger partial charge >= 0.3 is 6.03 Å². The third-order valence-corrected chi connectivity index (χ3v) is 5.98. The lowest BCUT2D eigenvalue weighted by Crippen LogP contribution is -2.48. The van der Waals surface area contributed by atoms with Gasteiger partial charge in [-0.15, -0.1) is 0 Å². The van der Waals surface area contributed by atoms with Crippen molar-refractivity contribution in [3.63, 3.8) is 0 Å². The maximum absolute atomic E-state index is 13.1. The van der Waals surface area contributed by atoms with E-state index in [0.29, 0.717) is 6.04 Å². The van der Waals surface area contributed by atoms with E-state index in [1.807, 2.05) is 36.1 Å². The van der Waals surface area contributed by atoms with Gasteiger partial charge in [0, 0.05) is 43.8 Å². The average Bonchev–Trinajstić information content (AvgIpc) is 2.75. The van der Waals surface area contributed by atoms with Gasteiger partial charge in [0.2, 0.25) is 0 Å². The van der Waals surface area contributed by atoms with Gasteiger partial charge in [-0.3, -0.25) is 9.88 Å². The lowest BCUT2D eigenvalue weighted by Gasteiger charge is -2.37. The van der Waals surface area contributed by atoms with Crippen molar-refractivity contribution >= 4 is 22.6 Å². The molecule has 0 saturated carbocycles. The van der Waals surface area contributed by atoms with Crippen LogP contribution in [0.2, 0.25) is 0 Å². The lowest BCUT2D eigenvalue weighted by atomic mass is 9.99. The highest BCUT2D eigenvalue weighted by Crippen LogP contribution is 2.26. The largest absolute Gasteiger partial charge is 0.379 e. The lowest BCUT2D eigenvalue weighted by molar-refractivity contribution is 0.0329. The Balaban J connectivity index is 1.44. The minimum absolute atomic E-state index is 0.0145. The van der Waals surface area contributed by atoms with E-state index in [2.05, 4.69) is 15.2 Å². The third kappa shape index (κ3) is 4.28. The highest BCUT2D eigenvalue weighted by molar-refractivity contribution is 6.01. The average molecular weight is 383 g/mol. The van der Waals surface area contributed by atoms with Gasteiger partial charge in [0.1, 0.15) is 0 Å². The number of anilines is 1. The van der Waals surface area contributed by atoms with Crippen molar-refractivity contribution in [2.24, 2.45) is 0 Å². The number of fused-ring (bicyclic) bond motifs is 1. The minimum Gasteiger partial charge on any atom is -0.379 e. The van der Waals surface area contributed by atoms with Crippen molar-refractivity contribution < 1.29 is 9.53 Å². The molecule has 2 fully saturated rings. The van der Waals surface area contributed by atoms with E-state index in [1.54, 1.807) is 6.20 Å². The first-order chi connectivity index (χ1) is 13.7. The molecular formula is C22H30N4O2. The summed E-state index contributed by atoms with van der Waals surface area (Å²) in [5.41, 5.74) is 2.91. The van der Waals surface area contributed by atoms with Crippen LogP contribution < -0.4 is 5.32 Å². The highest BCUT2D eigenvalue weighted by Gasteiger charge is 2.27. The Labute approximate surface area is 166 Å². The zero-order valence-corrected chi connectivity index (χ0v) is 16.7. The summed E-state index contributed by atoms with van der Waals surface area (Å²) in [6.07, 6.45) is 6.21.